The van der Waals surface area contributed by atoms with Gasteiger partial charge in [-0.05, 0) is 101 Å². The molecule has 87 heavy (non-hydrogen) atoms. The zero-order valence-corrected chi connectivity index (χ0v) is 57.5. The van der Waals surface area contributed by atoms with Gasteiger partial charge >= 0.3 is 0 Å². The third kappa shape index (κ3) is 22.3. The van der Waals surface area contributed by atoms with Crippen molar-refractivity contribution in [2.24, 2.45) is 47.3 Å². The SMILES string of the molecule is C/C=C/C[C@@H](C)C(=O)[C@H]1C(=O)N[C@@H](C(C)C)C(=O)N(C)CC(=O)N(C)[C@@H](CC(C)C)C(=O)N[C@@H](C(C)C)C(=O)N(C)[C@@H](CC(C)C)C(=O)N[C@@H](C)C(=O)N[C@H](C)C(=O)N(C)[C@@H](CCC(C)C)C(=O)N(C)[C@@H](CC(C)C)C(=O)N(C)[C@@H](C(C)C)C(=O)N1C. The van der Waals surface area contributed by atoms with Crippen LogP contribution in [0.1, 0.15) is 163 Å². The van der Waals surface area contributed by atoms with Crippen molar-refractivity contribution in [1.82, 2.24) is 55.6 Å². The molecule has 0 aromatic heterocycles. The second-order valence-electron chi connectivity index (χ2n) is 27.0. The van der Waals surface area contributed by atoms with Crippen molar-refractivity contribution < 1.29 is 57.5 Å². The smallest absolute Gasteiger partial charge is 0.251 e. The monoisotopic (exact) mass is 1230 g/mol. The van der Waals surface area contributed by atoms with Crippen LogP contribution in [0, 0.1) is 47.3 Å². The summed E-state index contributed by atoms with van der Waals surface area (Å²) in [6, 6.07) is -12.7. The minimum absolute atomic E-state index is 0.0840. The molecular weight excluding hydrogens is 1110 g/mol. The molecule has 0 radical (unpaired) electrons. The number of rotatable bonds is 16. The molecule has 1 aliphatic heterocycles. The number of ketones is 1. The van der Waals surface area contributed by atoms with E-state index in [0.717, 1.165) is 9.80 Å². The van der Waals surface area contributed by atoms with E-state index in [4.69, 9.17) is 0 Å². The van der Waals surface area contributed by atoms with Crippen LogP contribution in [0.2, 0.25) is 0 Å². The fourth-order valence-electron chi connectivity index (χ4n) is 10.8. The van der Waals surface area contributed by atoms with Gasteiger partial charge in [-0.2, -0.15) is 0 Å². The number of carbonyl (C=O) groups excluding carboxylic acids is 12. The van der Waals surface area contributed by atoms with Gasteiger partial charge in [-0.3, -0.25) is 57.5 Å². The maximum atomic E-state index is 15.2. The average Bonchev–Trinajstić information content (AvgIpc) is 1.21. The van der Waals surface area contributed by atoms with Gasteiger partial charge in [0.15, 0.2) is 11.8 Å². The fourth-order valence-corrected chi connectivity index (χ4v) is 10.8. The quantitative estimate of drug-likeness (QED) is 0.126. The molecule has 1 saturated heterocycles. The Kier molecular flexibility index (Phi) is 32.1. The third-order valence-corrected chi connectivity index (χ3v) is 16.4. The Bertz CT molecular complexity index is 2430. The van der Waals surface area contributed by atoms with Crippen LogP contribution in [0.15, 0.2) is 12.2 Å². The van der Waals surface area contributed by atoms with Crippen LogP contribution in [0.25, 0.3) is 0 Å². The topological polar surface area (TPSA) is 276 Å². The van der Waals surface area contributed by atoms with Gasteiger partial charge in [0, 0.05) is 55.3 Å². The number of likely N-dealkylation sites (N-methyl/N-ethyl adjacent to an activating group) is 7. The van der Waals surface area contributed by atoms with Crippen molar-refractivity contribution in [2.75, 3.05) is 55.9 Å². The lowest BCUT2D eigenvalue weighted by atomic mass is 9.92. The van der Waals surface area contributed by atoms with Crippen LogP contribution in [0.3, 0.4) is 0 Å². The van der Waals surface area contributed by atoms with Crippen molar-refractivity contribution >= 4 is 70.8 Å². The first-order valence-electron chi connectivity index (χ1n) is 31.3. The van der Waals surface area contributed by atoms with Gasteiger partial charge in [-0.25, -0.2) is 0 Å². The van der Waals surface area contributed by atoms with Gasteiger partial charge in [0.1, 0.15) is 54.4 Å². The Morgan fingerprint density at radius 3 is 1.34 bits per heavy atom. The molecule has 496 valence electrons. The van der Waals surface area contributed by atoms with E-state index in [1.54, 1.807) is 67.5 Å². The summed E-state index contributed by atoms with van der Waals surface area (Å²) < 4.78 is 0. The Morgan fingerprint density at radius 1 is 0.448 bits per heavy atom. The number of amides is 11. The van der Waals surface area contributed by atoms with Crippen LogP contribution in [0.5, 0.6) is 0 Å². The zero-order chi connectivity index (χ0) is 67.6. The predicted molar refractivity (Wildman–Crippen MR) is 337 cm³/mol. The average molecular weight is 1230 g/mol. The van der Waals surface area contributed by atoms with Crippen LogP contribution < -0.4 is 21.3 Å². The van der Waals surface area contributed by atoms with E-state index >= 15 is 14.4 Å². The molecule has 1 fully saturated rings. The van der Waals surface area contributed by atoms with Gasteiger partial charge in [-0.15, -0.1) is 0 Å². The molecule has 0 aliphatic carbocycles. The normalized spacial score (nSPS) is 26.2. The molecule has 1 aliphatic rings. The first-order valence-corrected chi connectivity index (χ1v) is 31.3. The number of nitrogens with one attached hydrogen (secondary N) is 4. The van der Waals surface area contributed by atoms with Crippen LogP contribution in [0.4, 0.5) is 0 Å². The lowest BCUT2D eigenvalue weighted by molar-refractivity contribution is -0.157. The molecule has 23 heteroatoms. The van der Waals surface area contributed by atoms with Crippen molar-refractivity contribution in [3.8, 4) is 0 Å². The standard InChI is InChI=1S/C64H113N11O12/c1-26-27-28-42(16)54(77)53-58(81)68-50(39(10)11)62(85)69(19)34-49(76)70(20)46(31-36(4)5)57(80)67-51(40(12)13)63(86)72(22)47(32-37(6)7)56(79)65-43(17)55(78)66-44(18)59(82)71(21)45(30-29-35(2)3)60(83)73(23)48(33-38(8)9)61(84)74(24)52(41(14)15)64(87)75(53)25/h26-27,35-48,50-53H,28-34H2,1-25H3,(H,65,79)(H,66,78)(H,67,80)(H,68,81)/b27-26+/t42-,43+,44-,45+,46+,47+,48+,50+,51+,52+,53+/m1/s1. The molecule has 1 rings (SSSR count). The Labute approximate surface area is 520 Å². The summed E-state index contributed by atoms with van der Waals surface area (Å²) in [6.07, 6.45) is 4.80. The summed E-state index contributed by atoms with van der Waals surface area (Å²) in [5, 5.41) is 11.0. The first kappa shape index (κ1) is 78.6. The van der Waals surface area contributed by atoms with Crippen LogP contribution in [-0.2, 0) is 57.5 Å². The Hall–Kier alpha value is -6.42. The minimum atomic E-state index is -1.82. The number of hydrogen-bond donors (Lipinski definition) is 4. The lowest BCUT2D eigenvalue weighted by Crippen LogP contribution is -2.63. The molecule has 23 nitrogen and oxygen atoms in total. The van der Waals surface area contributed by atoms with Crippen molar-refractivity contribution in [3.63, 3.8) is 0 Å². The highest BCUT2D eigenvalue weighted by molar-refractivity contribution is 6.10. The van der Waals surface area contributed by atoms with E-state index in [9.17, 15) is 43.2 Å². The largest absolute Gasteiger partial charge is 0.343 e. The Morgan fingerprint density at radius 2 is 0.874 bits per heavy atom. The number of Topliss-reactive ketones (excluding diaryl/α,β-unsaturated/α-hetero) is 1. The number of hydrogen-bond acceptors (Lipinski definition) is 12. The second kappa shape index (κ2) is 35.5. The molecule has 0 saturated carbocycles. The van der Waals surface area contributed by atoms with Crippen molar-refractivity contribution in [3.05, 3.63) is 12.2 Å². The highest BCUT2D eigenvalue weighted by Gasteiger charge is 2.46. The molecule has 0 aromatic carbocycles. The fraction of sp³-hybridized carbons (Fsp3) is 0.781. The van der Waals surface area contributed by atoms with Crippen LogP contribution in [-0.4, -0.2) is 221 Å². The molecule has 1 heterocycles. The zero-order valence-electron chi connectivity index (χ0n) is 57.5. The molecule has 4 N–H and O–H groups in total. The lowest BCUT2D eigenvalue weighted by Gasteiger charge is -2.40. The van der Waals surface area contributed by atoms with Gasteiger partial charge in [0.25, 0.3) is 5.91 Å². The molecule has 0 spiro atoms. The summed E-state index contributed by atoms with van der Waals surface area (Å²) in [7, 11) is 9.83. The second-order valence-corrected chi connectivity index (χ2v) is 27.0. The number of nitrogens with zero attached hydrogens (tertiary/aromatic N) is 7. The number of allylic oxidation sites excluding steroid dienone is 2. The van der Waals surface area contributed by atoms with E-state index in [-0.39, 0.29) is 55.8 Å². The summed E-state index contributed by atoms with van der Waals surface area (Å²) in [6.45, 7) is 31.0. The number of carbonyl (C=O) groups is 12. The molecule has 11 atom stereocenters. The summed E-state index contributed by atoms with van der Waals surface area (Å²) in [5.74, 6) is -11.3. The maximum absolute atomic E-state index is 15.2. The third-order valence-electron chi connectivity index (χ3n) is 16.4. The van der Waals surface area contributed by atoms with Crippen LogP contribution >= 0.6 is 0 Å². The maximum Gasteiger partial charge on any atom is 0.251 e. The highest BCUT2D eigenvalue weighted by Crippen LogP contribution is 2.25. The predicted octanol–water partition coefficient (Wildman–Crippen LogP) is 4.11. The van der Waals surface area contributed by atoms with Gasteiger partial charge in [0.2, 0.25) is 59.1 Å². The van der Waals surface area contributed by atoms with E-state index in [0.29, 0.717) is 6.42 Å². The highest BCUT2D eigenvalue weighted by atomic mass is 16.2. The van der Waals surface area contributed by atoms with E-state index in [1.807, 2.05) is 55.4 Å². The molecular formula is C64H113N11O12. The summed E-state index contributed by atoms with van der Waals surface area (Å²) in [4.78, 5) is 184. The molecule has 11 amide bonds. The van der Waals surface area contributed by atoms with Gasteiger partial charge in [-0.1, -0.05) is 116 Å². The minimum Gasteiger partial charge on any atom is -0.343 e. The van der Waals surface area contributed by atoms with E-state index in [1.165, 1.54) is 87.7 Å². The van der Waals surface area contributed by atoms with Crippen molar-refractivity contribution in [1.29, 1.82) is 0 Å². The molecule has 0 bridgehead atoms. The summed E-state index contributed by atoms with van der Waals surface area (Å²) >= 11 is 0. The van der Waals surface area contributed by atoms with E-state index in [2.05, 4.69) is 21.3 Å². The molecule has 0 unspecified atom stereocenters. The summed E-state index contributed by atoms with van der Waals surface area (Å²) in [5.41, 5.74) is 0. The molecule has 0 aromatic rings. The first-order chi connectivity index (χ1) is 40.1. The van der Waals surface area contributed by atoms with E-state index < -0.39 is 161 Å². The van der Waals surface area contributed by atoms with Gasteiger partial charge in [0.05, 0.1) is 6.54 Å². The van der Waals surface area contributed by atoms with Crippen molar-refractivity contribution in [2.45, 2.75) is 224 Å². The van der Waals surface area contributed by atoms with Gasteiger partial charge < -0.3 is 55.6 Å². The Balaban J connectivity index is 4.39.